The lowest BCUT2D eigenvalue weighted by atomic mass is 9.80. The predicted molar refractivity (Wildman–Crippen MR) is 258 cm³/mol. The summed E-state index contributed by atoms with van der Waals surface area (Å²) in [4.78, 5) is 26.8. The van der Waals surface area contributed by atoms with E-state index in [-0.39, 0.29) is 19.0 Å². The highest BCUT2D eigenvalue weighted by Gasteiger charge is 2.14. The number of para-hydroxylation sites is 4. The van der Waals surface area contributed by atoms with Gasteiger partial charge in [0.05, 0.1) is 0 Å². The van der Waals surface area contributed by atoms with E-state index in [2.05, 4.69) is 171 Å². The van der Waals surface area contributed by atoms with Crippen molar-refractivity contribution in [1.82, 2.24) is 0 Å². The van der Waals surface area contributed by atoms with Gasteiger partial charge in [0, 0.05) is 49.7 Å². The molecule has 0 aliphatic carbocycles. The molecule has 0 radical (unpaired) electrons. The van der Waals surface area contributed by atoms with E-state index in [4.69, 9.17) is 10.0 Å². The smallest absolute Gasteiger partial charge is 0.423 e. The van der Waals surface area contributed by atoms with Gasteiger partial charge in [-0.2, -0.15) is 0 Å². The number of benzene rings is 8. The van der Waals surface area contributed by atoms with Crippen LogP contribution in [-0.4, -0.2) is 28.7 Å². The zero-order chi connectivity index (χ0) is 42.3. The molecule has 0 heterocycles. The molecular weight excluding hydrogens is 819 g/mol. The number of nitrogens with zero attached hydrogens (tertiary/aromatic N) is 2. The third-order valence-electron chi connectivity index (χ3n) is 9.51. The van der Waals surface area contributed by atoms with E-state index in [1.807, 2.05) is 48.5 Å². The highest BCUT2D eigenvalue weighted by molar-refractivity contribution is 9.10. The number of halogens is 1. The largest absolute Gasteiger partial charge is 0.488 e. The van der Waals surface area contributed by atoms with Gasteiger partial charge in [0.25, 0.3) is 0 Å². The molecule has 0 saturated heterocycles. The lowest BCUT2D eigenvalue weighted by molar-refractivity contribution is 0.100. The molecule has 0 atom stereocenters. The Hall–Kier alpha value is -6.84. The molecule has 0 aliphatic rings. The van der Waals surface area contributed by atoms with Crippen LogP contribution in [0.5, 0.6) is 0 Å². The van der Waals surface area contributed by atoms with Crippen LogP contribution in [0.4, 0.5) is 34.1 Å². The molecule has 304 valence electrons. The van der Waals surface area contributed by atoms with Crippen LogP contribution >= 0.6 is 15.9 Å². The molecule has 6 nitrogen and oxygen atoms in total. The number of anilines is 6. The molecule has 8 aromatic carbocycles. The average Bonchev–Trinajstić information content (AvgIpc) is 3.29. The van der Waals surface area contributed by atoms with Gasteiger partial charge in [-0.15, -0.1) is 0 Å². The molecule has 61 heavy (non-hydrogen) atoms. The molecule has 0 aliphatic heterocycles. The highest BCUT2D eigenvalue weighted by Crippen LogP contribution is 2.36. The van der Waals surface area contributed by atoms with Gasteiger partial charge in [-0.25, -0.2) is 0 Å². The molecule has 0 bridgehead atoms. The Morgan fingerprint density at radius 1 is 0.393 bits per heavy atom. The standard InChI is InChI=1S/C26H21NO.C18H14BrN.C8H9BO3.CH4/c1-20(28)21-12-14-22(15-13-21)23-16-18-26(19-17-23)27(24-8-4-2-5-9-24)25-10-6-3-7-11-25;19-15-11-13-18(14-12-15)20(16-7-3-1-4-8-16)17-9-5-2-6-10-17;1-6(10)7-2-4-8(5-3-7)9(11)12;/h2-19H,1H3;1-14H;2-5,11-12H,1H3;1H4. The normalized spacial score (nSPS) is 10.0. The zero-order valence-corrected chi connectivity index (χ0v) is 34.9. The fraction of sp³-hybridized carbons (Fsp3) is 0.0566. The molecule has 2 N–H and O–H groups in total. The first kappa shape index (κ1) is 45.3. The van der Waals surface area contributed by atoms with Crippen molar-refractivity contribution in [3.05, 3.63) is 234 Å². The van der Waals surface area contributed by atoms with Gasteiger partial charge >= 0.3 is 7.12 Å². The fourth-order valence-corrected chi connectivity index (χ4v) is 6.65. The van der Waals surface area contributed by atoms with E-state index in [0.29, 0.717) is 11.0 Å². The summed E-state index contributed by atoms with van der Waals surface area (Å²) in [6.07, 6.45) is 0. The van der Waals surface area contributed by atoms with E-state index >= 15 is 0 Å². The van der Waals surface area contributed by atoms with E-state index in [9.17, 15) is 9.59 Å². The number of hydrogen-bond acceptors (Lipinski definition) is 6. The molecule has 0 unspecified atom stereocenters. The summed E-state index contributed by atoms with van der Waals surface area (Å²) < 4.78 is 1.09. The fourth-order valence-electron chi connectivity index (χ4n) is 6.38. The molecule has 8 rings (SSSR count). The van der Waals surface area contributed by atoms with Crippen molar-refractivity contribution < 1.29 is 19.6 Å². The van der Waals surface area contributed by atoms with Crippen LogP contribution in [0.25, 0.3) is 11.1 Å². The highest BCUT2D eigenvalue weighted by atomic mass is 79.9. The quantitative estimate of drug-likeness (QED) is 0.105. The number of rotatable bonds is 10. The molecule has 0 aromatic heterocycles. The Morgan fingerprint density at radius 3 is 0.951 bits per heavy atom. The summed E-state index contributed by atoms with van der Waals surface area (Å²) in [6.45, 7) is 3.05. The van der Waals surface area contributed by atoms with Crippen LogP contribution in [0.2, 0.25) is 0 Å². The Kier molecular flexibility index (Phi) is 16.7. The lowest BCUT2D eigenvalue weighted by Crippen LogP contribution is -2.29. The molecule has 0 fully saturated rings. The number of ketones is 2. The van der Waals surface area contributed by atoms with Crippen LogP contribution in [-0.2, 0) is 0 Å². The van der Waals surface area contributed by atoms with Crippen molar-refractivity contribution in [3.63, 3.8) is 0 Å². The number of carbonyl (C=O) groups excluding carboxylic acids is 2. The summed E-state index contributed by atoms with van der Waals surface area (Å²) >= 11 is 3.49. The van der Waals surface area contributed by atoms with Gasteiger partial charge in [0.15, 0.2) is 11.6 Å². The van der Waals surface area contributed by atoms with Crippen LogP contribution in [0, 0.1) is 0 Å². The van der Waals surface area contributed by atoms with Crippen molar-refractivity contribution in [2.75, 3.05) is 9.80 Å². The van der Waals surface area contributed by atoms with Crippen molar-refractivity contribution >= 4 is 74.2 Å². The summed E-state index contributed by atoms with van der Waals surface area (Å²) in [6, 6.07) is 72.3. The van der Waals surface area contributed by atoms with Gasteiger partial charge in [0.2, 0.25) is 0 Å². The second-order valence-electron chi connectivity index (χ2n) is 13.7. The van der Waals surface area contributed by atoms with Gasteiger partial charge in [0.1, 0.15) is 0 Å². The Morgan fingerprint density at radius 2 is 0.656 bits per heavy atom. The number of Topliss-reactive ketones (excluding diaryl/α,β-unsaturated/α-hetero) is 2. The average molecular weight is 868 g/mol. The monoisotopic (exact) mass is 866 g/mol. The minimum absolute atomic E-state index is 0. The van der Waals surface area contributed by atoms with Crippen molar-refractivity contribution in [3.8, 4) is 11.1 Å². The molecule has 0 spiro atoms. The summed E-state index contributed by atoms with van der Waals surface area (Å²) in [5.41, 5.74) is 10.7. The van der Waals surface area contributed by atoms with E-state index in [1.54, 1.807) is 19.1 Å². The molecule has 0 amide bonds. The maximum Gasteiger partial charge on any atom is 0.488 e. The first-order valence-corrected chi connectivity index (χ1v) is 20.2. The summed E-state index contributed by atoms with van der Waals surface area (Å²) in [7, 11) is -1.47. The summed E-state index contributed by atoms with van der Waals surface area (Å²) in [5.74, 6) is 0.0530. The number of carbonyl (C=O) groups is 2. The second kappa shape index (κ2) is 22.5. The Bertz CT molecular complexity index is 2460. The maximum absolute atomic E-state index is 11.5. The van der Waals surface area contributed by atoms with Gasteiger partial charge < -0.3 is 19.8 Å². The minimum atomic E-state index is -1.47. The van der Waals surface area contributed by atoms with Crippen LogP contribution in [0.1, 0.15) is 42.0 Å². The van der Waals surface area contributed by atoms with E-state index in [0.717, 1.165) is 55.3 Å². The topological polar surface area (TPSA) is 81.1 Å². The van der Waals surface area contributed by atoms with Gasteiger partial charge in [-0.05, 0) is 115 Å². The predicted octanol–water partition coefficient (Wildman–Crippen LogP) is 13.1. The molecular formula is C53H48BBrN2O4. The zero-order valence-electron chi connectivity index (χ0n) is 33.3. The minimum Gasteiger partial charge on any atom is -0.423 e. The van der Waals surface area contributed by atoms with Crippen LogP contribution in [0.3, 0.4) is 0 Å². The molecule has 8 heteroatoms. The van der Waals surface area contributed by atoms with E-state index in [1.165, 1.54) is 19.1 Å². The number of hydrogen-bond donors (Lipinski definition) is 2. The maximum atomic E-state index is 11.5. The Labute approximate surface area is 368 Å². The Balaban J connectivity index is 0.000000186. The first-order valence-electron chi connectivity index (χ1n) is 19.4. The lowest BCUT2D eigenvalue weighted by Gasteiger charge is -2.25. The molecule has 0 saturated carbocycles. The van der Waals surface area contributed by atoms with Crippen molar-refractivity contribution in [1.29, 1.82) is 0 Å². The van der Waals surface area contributed by atoms with Gasteiger partial charge in [-0.3, -0.25) is 9.59 Å². The van der Waals surface area contributed by atoms with Gasteiger partial charge in [-0.1, -0.05) is 157 Å². The third kappa shape index (κ3) is 12.6. The van der Waals surface area contributed by atoms with Crippen LogP contribution < -0.4 is 15.3 Å². The second-order valence-corrected chi connectivity index (χ2v) is 14.6. The first-order chi connectivity index (χ1) is 29.2. The SMILES string of the molecule is Brc1ccc(N(c2ccccc2)c2ccccc2)cc1.C.CC(=O)c1ccc(-c2ccc(N(c3ccccc3)c3ccccc3)cc2)cc1.CC(=O)c1ccc(B(O)O)cc1. The summed E-state index contributed by atoms with van der Waals surface area (Å²) in [5, 5.41) is 17.4. The molecule has 8 aromatic rings. The van der Waals surface area contributed by atoms with Crippen molar-refractivity contribution in [2.45, 2.75) is 21.3 Å². The van der Waals surface area contributed by atoms with Crippen LogP contribution in [0.15, 0.2) is 223 Å². The van der Waals surface area contributed by atoms with E-state index < -0.39 is 7.12 Å². The van der Waals surface area contributed by atoms with Crippen molar-refractivity contribution in [2.24, 2.45) is 0 Å². The third-order valence-corrected chi connectivity index (χ3v) is 10.0.